The van der Waals surface area contributed by atoms with E-state index in [4.69, 9.17) is 9.47 Å². The third kappa shape index (κ3) is 3.94. The maximum absolute atomic E-state index is 13.6. The van der Waals surface area contributed by atoms with Gasteiger partial charge in [0.25, 0.3) is 0 Å². The monoisotopic (exact) mass is 432 g/mol. The van der Waals surface area contributed by atoms with E-state index in [1.165, 1.54) is 0 Å². The molecule has 3 aromatic rings. The van der Waals surface area contributed by atoms with Gasteiger partial charge in [0, 0.05) is 18.3 Å². The molecule has 0 bridgehead atoms. The van der Waals surface area contributed by atoms with Crippen LogP contribution in [0.1, 0.15) is 37.7 Å². The van der Waals surface area contributed by atoms with E-state index in [9.17, 15) is 13.2 Å². The van der Waals surface area contributed by atoms with Crippen LogP contribution in [-0.4, -0.2) is 34.2 Å². The van der Waals surface area contributed by atoms with Crippen LogP contribution in [-0.2, 0) is 6.18 Å². The van der Waals surface area contributed by atoms with Crippen LogP contribution in [0.2, 0.25) is 0 Å². The Morgan fingerprint density at radius 1 is 1.10 bits per heavy atom. The second kappa shape index (κ2) is 7.82. The van der Waals surface area contributed by atoms with E-state index in [-0.39, 0.29) is 28.8 Å². The molecule has 0 atom stereocenters. The van der Waals surface area contributed by atoms with E-state index in [1.807, 2.05) is 0 Å². The van der Waals surface area contributed by atoms with E-state index < -0.39 is 11.7 Å². The van der Waals surface area contributed by atoms with Crippen LogP contribution in [0.4, 0.5) is 30.6 Å². The van der Waals surface area contributed by atoms with Gasteiger partial charge in [-0.25, -0.2) is 0 Å². The van der Waals surface area contributed by atoms with Crippen molar-refractivity contribution >= 4 is 28.5 Å². The highest BCUT2D eigenvalue weighted by atomic mass is 19.4. The fraction of sp³-hybridized carbons (Fsp3) is 0.429. The standard InChI is InChI=1S/C21H21F3N5O2/c22-21(23,24)13-11-25-18-16(13)19(26-12-5-2-1-3-6-12)29-20(28-18)27-14-7-4-8-15-17(14)31-10-9-30-15/h4,7,11-12H,1-3,5-6,9-10H2,(H3,25,26,27,28,29). The van der Waals surface area contributed by atoms with Gasteiger partial charge in [-0.3, -0.25) is 0 Å². The third-order valence-electron chi connectivity index (χ3n) is 5.52. The van der Waals surface area contributed by atoms with Crippen molar-refractivity contribution in [2.24, 2.45) is 0 Å². The van der Waals surface area contributed by atoms with Crippen molar-refractivity contribution in [1.82, 2.24) is 15.0 Å². The molecule has 0 amide bonds. The zero-order valence-electron chi connectivity index (χ0n) is 16.6. The lowest BCUT2D eigenvalue weighted by Gasteiger charge is -2.24. The van der Waals surface area contributed by atoms with Gasteiger partial charge >= 0.3 is 6.18 Å². The number of nitrogens with one attached hydrogen (secondary N) is 3. The number of aromatic nitrogens is 3. The number of nitrogens with zero attached hydrogens (tertiary/aromatic N) is 2. The molecule has 2 aromatic heterocycles. The molecule has 1 aromatic carbocycles. The highest BCUT2D eigenvalue weighted by Gasteiger charge is 2.36. The van der Waals surface area contributed by atoms with Gasteiger partial charge < -0.3 is 25.1 Å². The van der Waals surface area contributed by atoms with Gasteiger partial charge in [-0.1, -0.05) is 19.3 Å². The largest absolute Gasteiger partial charge is 0.485 e. The van der Waals surface area contributed by atoms with Gasteiger partial charge in [0.15, 0.2) is 11.5 Å². The highest BCUT2D eigenvalue weighted by Crippen LogP contribution is 2.40. The molecule has 1 radical (unpaired) electrons. The summed E-state index contributed by atoms with van der Waals surface area (Å²) in [6, 6.07) is 6.43. The highest BCUT2D eigenvalue weighted by molar-refractivity contribution is 5.92. The molecule has 0 unspecified atom stereocenters. The van der Waals surface area contributed by atoms with Crippen molar-refractivity contribution in [1.29, 1.82) is 0 Å². The zero-order valence-corrected chi connectivity index (χ0v) is 16.6. The average molecular weight is 432 g/mol. The molecule has 1 fully saturated rings. The van der Waals surface area contributed by atoms with Crippen LogP contribution < -0.4 is 20.1 Å². The maximum Gasteiger partial charge on any atom is 0.418 e. The molecular formula is C21H21F3N5O2. The maximum atomic E-state index is 13.6. The molecule has 1 saturated carbocycles. The lowest BCUT2D eigenvalue weighted by atomic mass is 9.95. The van der Waals surface area contributed by atoms with Crippen LogP contribution in [0.15, 0.2) is 18.3 Å². The average Bonchev–Trinajstić information content (AvgIpc) is 3.20. The van der Waals surface area contributed by atoms with Gasteiger partial charge in [-0.15, -0.1) is 0 Å². The molecular weight excluding hydrogens is 411 g/mol. The predicted molar refractivity (Wildman–Crippen MR) is 109 cm³/mol. The van der Waals surface area contributed by atoms with Crippen molar-refractivity contribution in [3.05, 3.63) is 30.0 Å². The number of rotatable bonds is 4. The second-order valence-corrected chi connectivity index (χ2v) is 7.67. The van der Waals surface area contributed by atoms with Crippen LogP contribution in [0.5, 0.6) is 11.5 Å². The number of H-pyrrole nitrogens is 1. The number of hydrogen-bond donors (Lipinski definition) is 3. The molecule has 1 aliphatic carbocycles. The summed E-state index contributed by atoms with van der Waals surface area (Å²) in [7, 11) is 0. The summed E-state index contributed by atoms with van der Waals surface area (Å²) in [5.41, 5.74) is -0.119. The Labute approximate surface area is 176 Å². The van der Waals surface area contributed by atoms with E-state index in [0.29, 0.717) is 30.4 Å². The first-order valence-electron chi connectivity index (χ1n) is 10.3. The number of fused-ring (bicyclic) bond motifs is 2. The normalized spacial score (nSPS) is 17.0. The summed E-state index contributed by atoms with van der Waals surface area (Å²) in [4.78, 5) is 11.4. The fourth-order valence-electron chi connectivity index (χ4n) is 4.08. The van der Waals surface area contributed by atoms with Gasteiger partial charge in [0.1, 0.15) is 24.7 Å². The minimum absolute atomic E-state index is 0.0494. The Hall–Kier alpha value is -3.17. The number of aromatic amines is 1. The second-order valence-electron chi connectivity index (χ2n) is 7.67. The molecule has 31 heavy (non-hydrogen) atoms. The van der Waals surface area contributed by atoms with Crippen LogP contribution in [0.25, 0.3) is 11.0 Å². The first kappa shape index (κ1) is 19.8. The van der Waals surface area contributed by atoms with Gasteiger partial charge in [0.2, 0.25) is 5.95 Å². The smallest absolute Gasteiger partial charge is 0.418 e. The molecule has 5 rings (SSSR count). The van der Waals surface area contributed by atoms with Crippen molar-refractivity contribution in [3.8, 4) is 11.5 Å². The van der Waals surface area contributed by atoms with Crippen LogP contribution in [0.3, 0.4) is 0 Å². The molecule has 163 valence electrons. The number of anilines is 3. The summed E-state index contributed by atoms with van der Waals surface area (Å²) >= 11 is 0. The fourth-order valence-corrected chi connectivity index (χ4v) is 4.08. The van der Waals surface area contributed by atoms with E-state index in [1.54, 1.807) is 12.1 Å². The van der Waals surface area contributed by atoms with E-state index >= 15 is 0 Å². The van der Waals surface area contributed by atoms with Crippen LogP contribution >= 0.6 is 0 Å². The lowest BCUT2D eigenvalue weighted by Crippen LogP contribution is -2.23. The van der Waals surface area contributed by atoms with E-state index in [2.05, 4.69) is 31.7 Å². The predicted octanol–water partition coefficient (Wildman–Crippen LogP) is 5.04. The van der Waals surface area contributed by atoms with Crippen molar-refractivity contribution in [2.45, 2.75) is 44.3 Å². The molecule has 2 aliphatic rings. The Bertz CT molecular complexity index is 1090. The molecule has 0 saturated heterocycles. The first-order chi connectivity index (χ1) is 15.0. The van der Waals surface area contributed by atoms with Crippen molar-refractivity contribution < 1.29 is 22.6 Å². The number of ether oxygens (including phenoxy) is 2. The van der Waals surface area contributed by atoms with Crippen molar-refractivity contribution in [3.63, 3.8) is 0 Å². The first-order valence-corrected chi connectivity index (χ1v) is 10.3. The Kier molecular flexibility index (Phi) is 4.99. The summed E-state index contributed by atoms with van der Waals surface area (Å²) < 4.78 is 52.0. The minimum Gasteiger partial charge on any atom is -0.485 e. The Morgan fingerprint density at radius 3 is 2.71 bits per heavy atom. The summed E-state index contributed by atoms with van der Waals surface area (Å²) in [5.74, 6) is 1.27. The summed E-state index contributed by atoms with van der Waals surface area (Å²) in [6.45, 7) is 0.813. The third-order valence-corrected chi connectivity index (χ3v) is 5.52. The molecule has 3 heterocycles. The molecule has 1 aliphatic heterocycles. The summed E-state index contributed by atoms with van der Waals surface area (Å²) in [6.07, 6.45) is 1.44. The van der Waals surface area contributed by atoms with Gasteiger partial charge in [-0.05, 0) is 25.0 Å². The molecule has 10 heteroatoms. The molecule has 7 nitrogen and oxygen atoms in total. The van der Waals surface area contributed by atoms with E-state index in [0.717, 1.165) is 38.3 Å². The lowest BCUT2D eigenvalue weighted by molar-refractivity contribution is -0.136. The number of hydrogen-bond acceptors (Lipinski definition) is 6. The number of alkyl halides is 3. The number of benzene rings is 1. The molecule has 0 spiro atoms. The zero-order chi connectivity index (χ0) is 21.4. The SMILES string of the molecule is FC(F)(F)c1c[nH]c2nc(Nc3cc[c]c4c3OCCO4)nc(NC3CCCCC3)c12. The van der Waals surface area contributed by atoms with Gasteiger partial charge in [-0.2, -0.15) is 23.1 Å². The topological polar surface area (TPSA) is 84.1 Å². The van der Waals surface area contributed by atoms with Crippen molar-refractivity contribution in [2.75, 3.05) is 23.8 Å². The van der Waals surface area contributed by atoms with Gasteiger partial charge in [0.05, 0.1) is 16.6 Å². The van der Waals surface area contributed by atoms with Crippen LogP contribution in [0, 0.1) is 6.07 Å². The Morgan fingerprint density at radius 2 is 1.90 bits per heavy atom. The Balaban J connectivity index is 1.55. The quantitative estimate of drug-likeness (QED) is 0.536. The minimum atomic E-state index is -4.51. The molecule has 3 N–H and O–H groups in total. The number of halogens is 3. The summed E-state index contributed by atoms with van der Waals surface area (Å²) in [5, 5.41) is 6.25.